The molecule has 0 spiro atoms. The standard InChI is InChI=1S/C17H19BrN2O/c1-12(15-4-2-3-5-16(15)18)20-17(21)14-8-6-13(7-9-14)10-11-19/h2-9,12H,10-11,19H2,1H3,(H,20,21). The number of carbonyl (C=O) groups is 1. The number of amides is 1. The highest BCUT2D eigenvalue weighted by Gasteiger charge is 2.13. The summed E-state index contributed by atoms with van der Waals surface area (Å²) < 4.78 is 0.996. The molecule has 0 saturated carbocycles. The molecule has 0 bridgehead atoms. The van der Waals surface area contributed by atoms with Crippen LogP contribution in [-0.4, -0.2) is 12.5 Å². The van der Waals surface area contributed by atoms with E-state index in [2.05, 4.69) is 21.2 Å². The van der Waals surface area contributed by atoms with Crippen molar-refractivity contribution in [2.45, 2.75) is 19.4 Å². The molecule has 2 aromatic carbocycles. The molecule has 4 heteroatoms. The number of hydrogen-bond acceptors (Lipinski definition) is 2. The zero-order valence-electron chi connectivity index (χ0n) is 12.0. The van der Waals surface area contributed by atoms with Crippen molar-refractivity contribution < 1.29 is 4.79 Å². The van der Waals surface area contributed by atoms with E-state index in [9.17, 15) is 4.79 Å². The van der Waals surface area contributed by atoms with Gasteiger partial charge >= 0.3 is 0 Å². The topological polar surface area (TPSA) is 55.1 Å². The Morgan fingerprint density at radius 2 is 1.86 bits per heavy atom. The predicted octanol–water partition coefficient (Wildman–Crippen LogP) is 3.44. The van der Waals surface area contributed by atoms with Crippen LogP contribution in [0.15, 0.2) is 53.0 Å². The van der Waals surface area contributed by atoms with Crippen molar-refractivity contribution in [3.05, 3.63) is 69.7 Å². The third kappa shape index (κ3) is 4.16. The van der Waals surface area contributed by atoms with Crippen molar-refractivity contribution in [2.24, 2.45) is 5.73 Å². The number of carbonyl (C=O) groups excluding carboxylic acids is 1. The van der Waals surface area contributed by atoms with Crippen LogP contribution in [0.1, 0.15) is 34.5 Å². The van der Waals surface area contributed by atoms with Crippen LogP contribution in [0.5, 0.6) is 0 Å². The van der Waals surface area contributed by atoms with Crippen LogP contribution in [0, 0.1) is 0 Å². The van der Waals surface area contributed by atoms with Crippen LogP contribution < -0.4 is 11.1 Å². The van der Waals surface area contributed by atoms with Gasteiger partial charge in [-0.1, -0.05) is 46.3 Å². The Balaban J connectivity index is 2.05. The first-order valence-electron chi connectivity index (χ1n) is 6.96. The smallest absolute Gasteiger partial charge is 0.251 e. The van der Waals surface area contributed by atoms with Crippen molar-refractivity contribution >= 4 is 21.8 Å². The fourth-order valence-corrected chi connectivity index (χ4v) is 2.80. The van der Waals surface area contributed by atoms with E-state index in [-0.39, 0.29) is 11.9 Å². The van der Waals surface area contributed by atoms with E-state index in [0.29, 0.717) is 12.1 Å². The van der Waals surface area contributed by atoms with E-state index in [1.165, 1.54) is 0 Å². The van der Waals surface area contributed by atoms with Gasteiger partial charge in [-0.25, -0.2) is 0 Å². The number of nitrogens with two attached hydrogens (primary N) is 1. The summed E-state index contributed by atoms with van der Waals surface area (Å²) in [5.41, 5.74) is 8.39. The minimum Gasteiger partial charge on any atom is -0.345 e. The lowest BCUT2D eigenvalue weighted by Crippen LogP contribution is -2.26. The molecule has 0 heterocycles. The Morgan fingerprint density at radius 3 is 2.48 bits per heavy atom. The lowest BCUT2D eigenvalue weighted by molar-refractivity contribution is 0.0940. The molecule has 2 aromatic rings. The Kier molecular flexibility index (Phi) is 5.53. The van der Waals surface area contributed by atoms with Gasteiger partial charge in [-0.2, -0.15) is 0 Å². The van der Waals surface area contributed by atoms with E-state index in [4.69, 9.17) is 5.73 Å². The highest BCUT2D eigenvalue weighted by Crippen LogP contribution is 2.23. The maximum absolute atomic E-state index is 12.3. The molecule has 0 aliphatic carbocycles. The fraction of sp³-hybridized carbons (Fsp3) is 0.235. The molecule has 1 amide bonds. The molecule has 3 nitrogen and oxygen atoms in total. The van der Waals surface area contributed by atoms with Gasteiger partial charge in [0.1, 0.15) is 0 Å². The van der Waals surface area contributed by atoms with Crippen LogP contribution in [-0.2, 0) is 6.42 Å². The van der Waals surface area contributed by atoms with Gasteiger partial charge in [0.2, 0.25) is 0 Å². The third-order valence-corrected chi connectivity index (χ3v) is 4.09. The lowest BCUT2D eigenvalue weighted by Gasteiger charge is -2.16. The molecule has 0 fully saturated rings. The van der Waals surface area contributed by atoms with Crippen molar-refractivity contribution in [1.29, 1.82) is 0 Å². The molecule has 1 atom stereocenters. The van der Waals surface area contributed by atoms with Gasteiger partial charge in [-0.3, -0.25) is 4.79 Å². The zero-order valence-corrected chi connectivity index (χ0v) is 13.6. The Hall–Kier alpha value is -1.65. The van der Waals surface area contributed by atoms with Crippen molar-refractivity contribution in [2.75, 3.05) is 6.54 Å². The summed E-state index contributed by atoms with van der Waals surface area (Å²) in [6, 6.07) is 15.4. The van der Waals surface area contributed by atoms with Crippen LogP contribution in [0.2, 0.25) is 0 Å². The van der Waals surface area contributed by atoms with Gasteiger partial charge in [0.05, 0.1) is 6.04 Å². The second-order valence-electron chi connectivity index (χ2n) is 4.95. The summed E-state index contributed by atoms with van der Waals surface area (Å²) in [5, 5.41) is 3.01. The molecule has 3 N–H and O–H groups in total. The summed E-state index contributed by atoms with van der Waals surface area (Å²) in [6.45, 7) is 2.59. The maximum atomic E-state index is 12.3. The van der Waals surface area contributed by atoms with Gasteiger partial charge in [-0.05, 0) is 49.2 Å². The number of benzene rings is 2. The summed E-state index contributed by atoms with van der Waals surface area (Å²) in [5.74, 6) is -0.0717. The van der Waals surface area contributed by atoms with E-state index in [0.717, 1.165) is 22.0 Å². The van der Waals surface area contributed by atoms with Crippen LogP contribution in [0.4, 0.5) is 0 Å². The van der Waals surface area contributed by atoms with Crippen molar-refractivity contribution in [1.82, 2.24) is 5.32 Å². The maximum Gasteiger partial charge on any atom is 0.251 e. The third-order valence-electron chi connectivity index (χ3n) is 3.37. The van der Waals surface area contributed by atoms with E-state index >= 15 is 0 Å². The number of hydrogen-bond donors (Lipinski definition) is 2. The zero-order chi connectivity index (χ0) is 15.2. The van der Waals surface area contributed by atoms with Crippen LogP contribution in [0.3, 0.4) is 0 Å². The second-order valence-corrected chi connectivity index (χ2v) is 5.81. The van der Waals surface area contributed by atoms with Crippen LogP contribution in [0.25, 0.3) is 0 Å². The monoisotopic (exact) mass is 346 g/mol. The molecule has 1 unspecified atom stereocenters. The molecular formula is C17H19BrN2O. The van der Waals surface area contributed by atoms with Gasteiger partial charge in [-0.15, -0.1) is 0 Å². The summed E-state index contributed by atoms with van der Waals surface area (Å²) in [6.07, 6.45) is 0.829. The van der Waals surface area contributed by atoms with E-state index < -0.39 is 0 Å². The van der Waals surface area contributed by atoms with Crippen molar-refractivity contribution in [3.63, 3.8) is 0 Å². The van der Waals surface area contributed by atoms with Crippen LogP contribution >= 0.6 is 15.9 Å². The first-order chi connectivity index (χ1) is 10.1. The Bertz CT molecular complexity index is 610. The highest BCUT2D eigenvalue weighted by molar-refractivity contribution is 9.10. The van der Waals surface area contributed by atoms with Crippen molar-refractivity contribution in [3.8, 4) is 0 Å². The SMILES string of the molecule is CC(NC(=O)c1ccc(CCN)cc1)c1ccccc1Br. The number of halogens is 1. The van der Waals surface area contributed by atoms with Gasteiger partial charge in [0, 0.05) is 10.0 Å². The predicted molar refractivity (Wildman–Crippen MR) is 89.2 cm³/mol. The minimum absolute atomic E-state index is 0.0585. The molecule has 110 valence electrons. The second kappa shape index (κ2) is 7.38. The van der Waals surface area contributed by atoms with E-state index in [1.54, 1.807) is 0 Å². The highest BCUT2D eigenvalue weighted by atomic mass is 79.9. The van der Waals surface area contributed by atoms with Gasteiger partial charge < -0.3 is 11.1 Å². The largest absolute Gasteiger partial charge is 0.345 e. The molecule has 0 aromatic heterocycles. The molecule has 2 rings (SSSR count). The Morgan fingerprint density at radius 1 is 1.19 bits per heavy atom. The number of rotatable bonds is 5. The molecular weight excluding hydrogens is 328 g/mol. The van der Waals surface area contributed by atoms with Gasteiger partial charge in [0.15, 0.2) is 0 Å². The Labute approximate surface area is 133 Å². The van der Waals surface area contributed by atoms with Gasteiger partial charge in [0.25, 0.3) is 5.91 Å². The lowest BCUT2D eigenvalue weighted by atomic mass is 10.1. The number of nitrogens with one attached hydrogen (secondary N) is 1. The summed E-state index contributed by atoms with van der Waals surface area (Å²) in [4.78, 5) is 12.3. The quantitative estimate of drug-likeness (QED) is 0.871. The average Bonchev–Trinajstić information content (AvgIpc) is 2.48. The molecule has 21 heavy (non-hydrogen) atoms. The molecule has 0 saturated heterocycles. The normalized spacial score (nSPS) is 12.0. The minimum atomic E-state index is -0.0717. The fourth-order valence-electron chi connectivity index (χ4n) is 2.17. The van der Waals surface area contributed by atoms with E-state index in [1.807, 2.05) is 55.5 Å². The molecule has 0 radical (unpaired) electrons. The summed E-state index contributed by atoms with van der Waals surface area (Å²) >= 11 is 3.51. The molecule has 0 aliphatic rings. The first-order valence-corrected chi connectivity index (χ1v) is 7.75. The molecule has 0 aliphatic heterocycles. The summed E-state index contributed by atoms with van der Waals surface area (Å²) in [7, 11) is 0. The average molecular weight is 347 g/mol. The first kappa shape index (κ1) is 15.7.